The van der Waals surface area contributed by atoms with Crippen LogP contribution < -0.4 is 5.32 Å². The van der Waals surface area contributed by atoms with Gasteiger partial charge in [-0.15, -0.1) is 0 Å². The molecule has 2 aliphatic heterocycles. The number of rotatable bonds is 2. The lowest BCUT2D eigenvalue weighted by Gasteiger charge is -2.43. The third-order valence-electron chi connectivity index (χ3n) is 4.20. The number of amides is 2. The van der Waals surface area contributed by atoms with Crippen LogP contribution in [0.4, 0.5) is 0 Å². The summed E-state index contributed by atoms with van der Waals surface area (Å²) < 4.78 is 0. The summed E-state index contributed by atoms with van der Waals surface area (Å²) in [6, 6.07) is -0.747. The predicted octanol–water partition coefficient (Wildman–Crippen LogP) is 2.03. The zero-order valence-corrected chi connectivity index (χ0v) is 13.8. The molecule has 0 aromatic rings. The predicted molar refractivity (Wildman–Crippen MR) is 82.7 cm³/mol. The molecule has 2 rings (SSSR count). The number of nitrogens with zero attached hydrogens (tertiary/aromatic N) is 1. The van der Waals surface area contributed by atoms with Crippen LogP contribution in [0, 0.1) is 5.41 Å². The molecule has 2 fully saturated rings. The Labute approximate surface area is 126 Å². The first kappa shape index (κ1) is 15.7. The van der Waals surface area contributed by atoms with Crippen LogP contribution in [0.5, 0.6) is 0 Å². The van der Waals surface area contributed by atoms with Gasteiger partial charge < -0.3 is 10.2 Å². The molecular weight excluding hydrogens is 272 g/mol. The summed E-state index contributed by atoms with van der Waals surface area (Å²) in [5, 5.41) is 3.37. The summed E-state index contributed by atoms with van der Waals surface area (Å²) in [5.74, 6) is 1.23. The van der Waals surface area contributed by atoms with Crippen LogP contribution in [0.3, 0.4) is 0 Å². The van der Waals surface area contributed by atoms with E-state index < -0.39 is 6.04 Å². The summed E-state index contributed by atoms with van der Waals surface area (Å²) in [6.07, 6.45) is 3.67. The lowest BCUT2D eigenvalue weighted by atomic mass is 9.84. The molecule has 3 atom stereocenters. The van der Waals surface area contributed by atoms with Crippen molar-refractivity contribution in [2.24, 2.45) is 5.41 Å². The van der Waals surface area contributed by atoms with Crippen LogP contribution in [-0.2, 0) is 9.59 Å². The van der Waals surface area contributed by atoms with Gasteiger partial charge in [-0.25, -0.2) is 0 Å². The minimum Gasteiger partial charge on any atom is -0.342 e. The molecule has 2 heterocycles. The second-order valence-electron chi connectivity index (χ2n) is 6.96. The molecule has 0 saturated carbocycles. The second-order valence-corrected chi connectivity index (χ2v) is 8.37. The van der Waals surface area contributed by atoms with Crippen LogP contribution >= 0.6 is 11.8 Å². The van der Waals surface area contributed by atoms with Crippen molar-refractivity contribution < 1.29 is 9.59 Å². The van der Waals surface area contributed by atoms with Gasteiger partial charge in [-0.1, -0.05) is 27.2 Å². The number of hydrogen-bond acceptors (Lipinski definition) is 3. The molecule has 0 aromatic carbocycles. The lowest BCUT2D eigenvalue weighted by molar-refractivity contribution is -0.151. The Hall–Kier alpha value is -0.710. The summed E-state index contributed by atoms with van der Waals surface area (Å²) >= 11 is 1.95. The molecule has 0 bridgehead atoms. The van der Waals surface area contributed by atoms with Crippen molar-refractivity contribution in [2.75, 3.05) is 12.3 Å². The van der Waals surface area contributed by atoms with Crippen molar-refractivity contribution in [1.82, 2.24) is 10.2 Å². The highest BCUT2D eigenvalue weighted by Crippen LogP contribution is 2.29. The SMILES string of the molecule is CC1C(=O)NC(C(C)(C)C)C(=O)N1CC1CCCCS1. The van der Waals surface area contributed by atoms with Gasteiger partial charge in [0.05, 0.1) is 0 Å². The van der Waals surface area contributed by atoms with Crippen molar-refractivity contribution >= 4 is 23.6 Å². The molecule has 0 spiro atoms. The van der Waals surface area contributed by atoms with E-state index in [1.807, 2.05) is 39.5 Å². The zero-order valence-electron chi connectivity index (χ0n) is 12.9. The molecule has 4 nitrogen and oxygen atoms in total. The van der Waals surface area contributed by atoms with Crippen LogP contribution in [0.1, 0.15) is 47.0 Å². The third-order valence-corrected chi connectivity index (χ3v) is 5.58. The Morgan fingerprint density at radius 3 is 2.55 bits per heavy atom. The van der Waals surface area contributed by atoms with Gasteiger partial charge in [0.2, 0.25) is 11.8 Å². The first-order valence-corrected chi connectivity index (χ1v) is 8.58. The molecule has 1 N–H and O–H groups in total. The van der Waals surface area contributed by atoms with Crippen molar-refractivity contribution in [3.8, 4) is 0 Å². The fourth-order valence-corrected chi connectivity index (χ4v) is 4.13. The largest absolute Gasteiger partial charge is 0.342 e. The molecule has 2 saturated heterocycles. The Morgan fingerprint density at radius 2 is 2.00 bits per heavy atom. The number of nitrogens with one attached hydrogen (secondary N) is 1. The van der Waals surface area contributed by atoms with E-state index in [0.717, 1.165) is 6.42 Å². The average molecular weight is 298 g/mol. The molecule has 5 heteroatoms. The molecule has 2 amide bonds. The number of carbonyl (C=O) groups is 2. The number of carbonyl (C=O) groups excluding carboxylic acids is 2. The third kappa shape index (κ3) is 3.30. The monoisotopic (exact) mass is 298 g/mol. The molecule has 2 aliphatic rings. The van der Waals surface area contributed by atoms with Gasteiger partial charge in [0.25, 0.3) is 0 Å². The lowest BCUT2D eigenvalue weighted by Crippen LogP contribution is -2.66. The fourth-order valence-electron chi connectivity index (χ4n) is 2.83. The quantitative estimate of drug-likeness (QED) is 0.848. The van der Waals surface area contributed by atoms with Crippen molar-refractivity contribution in [1.29, 1.82) is 0 Å². The highest BCUT2D eigenvalue weighted by molar-refractivity contribution is 7.99. The summed E-state index contributed by atoms with van der Waals surface area (Å²) in [5.41, 5.74) is -0.245. The molecule has 3 unspecified atom stereocenters. The summed E-state index contributed by atoms with van der Waals surface area (Å²) in [7, 11) is 0. The molecule has 0 aliphatic carbocycles. The smallest absolute Gasteiger partial charge is 0.246 e. The van der Waals surface area contributed by atoms with Crippen molar-refractivity contribution in [2.45, 2.75) is 64.3 Å². The average Bonchev–Trinajstić information content (AvgIpc) is 2.39. The minimum absolute atomic E-state index is 0.0228. The Balaban J connectivity index is 2.11. The van der Waals surface area contributed by atoms with Gasteiger partial charge >= 0.3 is 0 Å². The topological polar surface area (TPSA) is 49.4 Å². The Morgan fingerprint density at radius 1 is 1.30 bits per heavy atom. The van der Waals surface area contributed by atoms with Crippen LogP contribution in [0.25, 0.3) is 0 Å². The highest BCUT2D eigenvalue weighted by Gasteiger charge is 2.44. The fraction of sp³-hybridized carbons (Fsp3) is 0.867. The Kier molecular flexibility index (Phi) is 4.67. The molecule has 20 heavy (non-hydrogen) atoms. The van der Waals surface area contributed by atoms with Crippen LogP contribution in [0.2, 0.25) is 0 Å². The van der Waals surface area contributed by atoms with E-state index in [1.165, 1.54) is 18.6 Å². The minimum atomic E-state index is -0.403. The summed E-state index contributed by atoms with van der Waals surface area (Å²) in [6.45, 7) is 8.54. The van der Waals surface area contributed by atoms with Gasteiger partial charge in [0, 0.05) is 11.8 Å². The van der Waals surface area contributed by atoms with E-state index in [1.54, 1.807) is 4.90 Å². The maximum Gasteiger partial charge on any atom is 0.246 e. The normalized spacial score (nSPS) is 32.2. The summed E-state index contributed by atoms with van der Waals surface area (Å²) in [4.78, 5) is 26.6. The molecule has 0 aromatic heterocycles. The van der Waals surface area contributed by atoms with Crippen molar-refractivity contribution in [3.63, 3.8) is 0 Å². The number of thioether (sulfide) groups is 1. The standard InChI is InChI=1S/C15H26N2O2S/c1-10-13(18)16-12(15(2,3)4)14(19)17(10)9-11-7-5-6-8-20-11/h10-12H,5-9H2,1-4H3,(H,16,18). The first-order chi connectivity index (χ1) is 9.30. The van der Waals surface area contributed by atoms with Gasteiger partial charge in [0.1, 0.15) is 12.1 Å². The van der Waals surface area contributed by atoms with E-state index >= 15 is 0 Å². The maximum absolute atomic E-state index is 12.7. The van der Waals surface area contributed by atoms with Crippen LogP contribution in [0.15, 0.2) is 0 Å². The van der Waals surface area contributed by atoms with E-state index in [4.69, 9.17) is 0 Å². The zero-order chi connectivity index (χ0) is 14.9. The van der Waals surface area contributed by atoms with Gasteiger partial charge in [0.15, 0.2) is 0 Å². The van der Waals surface area contributed by atoms with Gasteiger partial charge in [-0.05, 0) is 30.9 Å². The van der Waals surface area contributed by atoms with E-state index in [-0.39, 0.29) is 23.3 Å². The Bertz CT molecular complexity index is 386. The van der Waals surface area contributed by atoms with E-state index in [0.29, 0.717) is 11.8 Å². The van der Waals surface area contributed by atoms with E-state index in [2.05, 4.69) is 5.32 Å². The van der Waals surface area contributed by atoms with E-state index in [9.17, 15) is 9.59 Å². The van der Waals surface area contributed by atoms with Crippen molar-refractivity contribution in [3.05, 3.63) is 0 Å². The second kappa shape index (κ2) is 5.96. The molecule has 0 radical (unpaired) electrons. The van der Waals surface area contributed by atoms with Crippen LogP contribution in [-0.4, -0.2) is 46.3 Å². The molecular formula is C15H26N2O2S. The molecule has 114 valence electrons. The van der Waals surface area contributed by atoms with Gasteiger partial charge in [-0.2, -0.15) is 11.8 Å². The number of hydrogen-bond donors (Lipinski definition) is 1. The van der Waals surface area contributed by atoms with Gasteiger partial charge in [-0.3, -0.25) is 9.59 Å². The first-order valence-electron chi connectivity index (χ1n) is 7.53. The number of piperazine rings is 1. The highest BCUT2D eigenvalue weighted by atomic mass is 32.2. The maximum atomic E-state index is 12.7.